The molecule has 0 aliphatic rings. The second kappa shape index (κ2) is 6.98. The van der Waals surface area contributed by atoms with Crippen LogP contribution in [0.4, 0.5) is 0 Å². The summed E-state index contributed by atoms with van der Waals surface area (Å²) in [5, 5.41) is 21.2. The molecule has 2 N–H and O–H groups in total. The van der Waals surface area contributed by atoms with Crippen molar-refractivity contribution in [3.8, 4) is 22.9 Å². The van der Waals surface area contributed by atoms with Crippen molar-refractivity contribution >= 4 is 34.4 Å². The van der Waals surface area contributed by atoms with Gasteiger partial charge in [0.25, 0.3) is 0 Å². The first-order valence-corrected chi connectivity index (χ1v) is 8.14. The van der Waals surface area contributed by atoms with Crippen molar-refractivity contribution in [1.29, 1.82) is 0 Å². The van der Waals surface area contributed by atoms with Gasteiger partial charge in [0, 0.05) is 5.56 Å². The van der Waals surface area contributed by atoms with E-state index in [1.54, 1.807) is 18.3 Å². The number of aromatic hydroxyl groups is 1. The first-order chi connectivity index (χ1) is 11.6. The summed E-state index contributed by atoms with van der Waals surface area (Å²) in [7, 11) is 1.49. The molecule has 0 unspecified atom stereocenters. The summed E-state index contributed by atoms with van der Waals surface area (Å²) < 4.78 is 7.57. The number of halogens is 1. The molecule has 2 aromatic carbocycles. The molecule has 0 saturated carbocycles. The van der Waals surface area contributed by atoms with E-state index in [1.807, 2.05) is 30.3 Å². The van der Waals surface area contributed by atoms with Crippen LogP contribution in [0.2, 0.25) is 0 Å². The van der Waals surface area contributed by atoms with Crippen LogP contribution in [0.3, 0.4) is 0 Å². The SMILES string of the molecule is COc1cc(C=Nn2c(-c3ccccc3)n[nH]c2=S)cc(Br)c1O. The van der Waals surface area contributed by atoms with E-state index in [-0.39, 0.29) is 5.75 Å². The van der Waals surface area contributed by atoms with Gasteiger partial charge in [0.1, 0.15) is 0 Å². The Morgan fingerprint density at radius 3 is 2.79 bits per heavy atom. The van der Waals surface area contributed by atoms with Gasteiger partial charge in [-0.15, -0.1) is 0 Å². The standard InChI is InChI=1S/C16H13BrN4O2S/c1-23-13-8-10(7-12(17)14(13)22)9-18-21-15(19-20-16(21)24)11-5-3-2-4-6-11/h2-9,22H,1H3,(H,20,24). The topological polar surface area (TPSA) is 75.4 Å². The predicted octanol–water partition coefficient (Wildman–Crippen LogP) is 3.97. The Balaban J connectivity index is 2.01. The molecule has 3 aromatic rings. The highest BCUT2D eigenvalue weighted by molar-refractivity contribution is 9.10. The van der Waals surface area contributed by atoms with Crippen molar-refractivity contribution in [2.75, 3.05) is 7.11 Å². The number of aromatic nitrogens is 3. The molecule has 122 valence electrons. The van der Waals surface area contributed by atoms with Gasteiger partial charge in [0.05, 0.1) is 17.8 Å². The summed E-state index contributed by atoms with van der Waals surface area (Å²) in [4.78, 5) is 0. The maximum atomic E-state index is 9.86. The third-order valence-corrected chi connectivity index (χ3v) is 4.14. The largest absolute Gasteiger partial charge is 0.503 e. The van der Waals surface area contributed by atoms with Gasteiger partial charge in [-0.1, -0.05) is 30.3 Å². The van der Waals surface area contributed by atoms with E-state index in [9.17, 15) is 5.11 Å². The Hall–Kier alpha value is -2.45. The molecule has 1 heterocycles. The average molecular weight is 405 g/mol. The summed E-state index contributed by atoms with van der Waals surface area (Å²) in [5.41, 5.74) is 1.63. The van der Waals surface area contributed by atoms with Crippen LogP contribution in [0.1, 0.15) is 5.56 Å². The highest BCUT2D eigenvalue weighted by atomic mass is 79.9. The number of aromatic amines is 1. The van der Waals surface area contributed by atoms with Gasteiger partial charge in [-0.3, -0.25) is 0 Å². The maximum Gasteiger partial charge on any atom is 0.216 e. The van der Waals surface area contributed by atoms with Crippen molar-refractivity contribution in [2.45, 2.75) is 0 Å². The minimum atomic E-state index is 0.0412. The number of benzene rings is 2. The molecule has 0 spiro atoms. The Labute approximate surface area is 151 Å². The molecule has 0 aliphatic heterocycles. The Kier molecular flexibility index (Phi) is 4.77. The highest BCUT2D eigenvalue weighted by Gasteiger charge is 2.09. The third-order valence-electron chi connectivity index (χ3n) is 3.28. The molecular formula is C16H13BrN4O2S. The first kappa shape index (κ1) is 16.4. The van der Waals surface area contributed by atoms with E-state index in [0.29, 0.717) is 20.8 Å². The summed E-state index contributed by atoms with van der Waals surface area (Å²) in [6.45, 7) is 0. The van der Waals surface area contributed by atoms with E-state index >= 15 is 0 Å². The van der Waals surface area contributed by atoms with E-state index in [4.69, 9.17) is 17.0 Å². The van der Waals surface area contributed by atoms with Gasteiger partial charge in [-0.05, 0) is 45.8 Å². The lowest BCUT2D eigenvalue weighted by Crippen LogP contribution is -1.95. The summed E-state index contributed by atoms with van der Waals surface area (Å²) in [5.74, 6) is 1.01. The normalized spacial score (nSPS) is 11.1. The van der Waals surface area contributed by atoms with Crippen LogP contribution in [0, 0.1) is 4.77 Å². The van der Waals surface area contributed by atoms with E-state index < -0.39 is 0 Å². The number of rotatable bonds is 4. The molecule has 1 aromatic heterocycles. The van der Waals surface area contributed by atoms with Crippen LogP contribution in [0.25, 0.3) is 11.4 Å². The summed E-state index contributed by atoms with van der Waals surface area (Å²) in [6.07, 6.45) is 1.62. The van der Waals surface area contributed by atoms with Gasteiger partial charge < -0.3 is 9.84 Å². The number of phenolic OH excluding ortho intramolecular Hbond substituents is 1. The molecular weight excluding hydrogens is 392 g/mol. The molecule has 24 heavy (non-hydrogen) atoms. The number of methoxy groups -OCH3 is 1. The molecule has 3 rings (SSSR count). The monoisotopic (exact) mass is 404 g/mol. The van der Waals surface area contributed by atoms with E-state index in [2.05, 4.69) is 31.2 Å². The molecule has 6 nitrogen and oxygen atoms in total. The number of nitrogens with zero attached hydrogens (tertiary/aromatic N) is 3. The van der Waals surface area contributed by atoms with Crippen molar-refractivity contribution in [2.24, 2.45) is 5.10 Å². The van der Waals surface area contributed by atoms with Crippen LogP contribution in [-0.2, 0) is 0 Å². The first-order valence-electron chi connectivity index (χ1n) is 6.94. The highest BCUT2D eigenvalue weighted by Crippen LogP contribution is 2.34. The zero-order valence-corrected chi connectivity index (χ0v) is 15.0. The zero-order chi connectivity index (χ0) is 17.1. The fraction of sp³-hybridized carbons (Fsp3) is 0.0625. The van der Waals surface area contributed by atoms with Gasteiger partial charge in [-0.25, -0.2) is 5.10 Å². The summed E-state index contributed by atoms with van der Waals surface area (Å²) >= 11 is 8.53. The molecule has 0 atom stereocenters. The van der Waals surface area contributed by atoms with Crippen LogP contribution in [0.15, 0.2) is 52.0 Å². The maximum absolute atomic E-state index is 9.86. The van der Waals surface area contributed by atoms with Crippen LogP contribution < -0.4 is 4.74 Å². The minimum absolute atomic E-state index is 0.0412. The fourth-order valence-corrected chi connectivity index (χ4v) is 2.76. The lowest BCUT2D eigenvalue weighted by Gasteiger charge is -2.06. The average Bonchev–Trinajstić information content (AvgIpc) is 2.97. The van der Waals surface area contributed by atoms with E-state index in [1.165, 1.54) is 11.8 Å². The van der Waals surface area contributed by atoms with Gasteiger partial charge in [0.15, 0.2) is 17.3 Å². The summed E-state index contributed by atoms with van der Waals surface area (Å²) in [6, 6.07) is 13.0. The number of phenols is 1. The Morgan fingerprint density at radius 1 is 1.33 bits per heavy atom. The van der Waals surface area contributed by atoms with Crippen LogP contribution >= 0.6 is 28.1 Å². The number of nitrogens with one attached hydrogen (secondary N) is 1. The molecule has 0 fully saturated rings. The minimum Gasteiger partial charge on any atom is -0.503 e. The Morgan fingerprint density at radius 2 is 2.08 bits per heavy atom. The predicted molar refractivity (Wildman–Crippen MR) is 98.2 cm³/mol. The smallest absolute Gasteiger partial charge is 0.216 e. The van der Waals surface area contributed by atoms with Crippen molar-refractivity contribution in [3.63, 3.8) is 0 Å². The van der Waals surface area contributed by atoms with Crippen molar-refractivity contribution < 1.29 is 9.84 Å². The molecule has 0 bridgehead atoms. The second-order valence-corrected chi connectivity index (χ2v) is 6.07. The van der Waals surface area contributed by atoms with E-state index in [0.717, 1.165) is 11.1 Å². The zero-order valence-electron chi connectivity index (χ0n) is 12.6. The van der Waals surface area contributed by atoms with Crippen LogP contribution in [0.5, 0.6) is 11.5 Å². The van der Waals surface area contributed by atoms with Gasteiger partial charge in [-0.2, -0.15) is 14.9 Å². The Bertz CT molecular complexity index is 950. The number of hydrogen-bond acceptors (Lipinski definition) is 5. The molecule has 0 radical (unpaired) electrons. The lowest BCUT2D eigenvalue weighted by molar-refractivity contribution is 0.372. The fourth-order valence-electron chi connectivity index (χ4n) is 2.12. The number of ether oxygens (including phenoxy) is 1. The number of hydrogen-bond donors (Lipinski definition) is 2. The van der Waals surface area contributed by atoms with Gasteiger partial charge >= 0.3 is 0 Å². The second-order valence-electron chi connectivity index (χ2n) is 4.83. The third kappa shape index (κ3) is 3.24. The molecule has 8 heteroatoms. The lowest BCUT2D eigenvalue weighted by atomic mass is 10.2. The quantitative estimate of drug-likeness (QED) is 0.509. The van der Waals surface area contributed by atoms with Gasteiger partial charge in [0.2, 0.25) is 4.77 Å². The molecule has 0 saturated heterocycles. The van der Waals surface area contributed by atoms with Crippen LogP contribution in [-0.4, -0.2) is 33.3 Å². The van der Waals surface area contributed by atoms with Crippen molar-refractivity contribution in [3.05, 3.63) is 57.3 Å². The van der Waals surface area contributed by atoms with Crippen molar-refractivity contribution in [1.82, 2.24) is 14.9 Å². The molecule has 0 amide bonds. The number of H-pyrrole nitrogens is 1. The molecule has 0 aliphatic carbocycles.